The third-order valence-electron chi connectivity index (χ3n) is 3.00. The monoisotopic (exact) mass is 311 g/mol. The molecule has 0 saturated carbocycles. The fourth-order valence-corrected chi connectivity index (χ4v) is 2.87. The van der Waals surface area contributed by atoms with Gasteiger partial charge in [-0.25, -0.2) is 4.98 Å². The van der Waals surface area contributed by atoms with Gasteiger partial charge in [0.2, 0.25) is 5.91 Å². The van der Waals surface area contributed by atoms with Crippen LogP contribution in [0.25, 0.3) is 10.2 Å². The van der Waals surface area contributed by atoms with Crippen molar-refractivity contribution < 1.29 is 4.79 Å². The number of benzene rings is 1. The number of hydrogen-bond acceptors (Lipinski definition) is 4. The molecule has 0 radical (unpaired) electrons. The third-order valence-corrected chi connectivity index (χ3v) is 4.21. The van der Waals surface area contributed by atoms with Crippen LogP contribution in [0.5, 0.6) is 0 Å². The van der Waals surface area contributed by atoms with Gasteiger partial charge >= 0.3 is 0 Å². The number of anilines is 1. The molecular weight excluding hydrogens is 294 g/mol. The molecule has 1 atom stereocenters. The number of fused-ring (bicyclic) bond motifs is 1. The standard InChI is InChI=1S/C14H18ClN3OS/c1-3-9(2)17-13(19)6-7-16-14-18-11-5-4-10(15)8-12(11)20-14/h4-5,8-9H,3,6-7H2,1-2H3,(H,16,18)(H,17,19). The van der Waals surface area contributed by atoms with Gasteiger partial charge in [-0.1, -0.05) is 29.9 Å². The molecule has 0 spiro atoms. The molecule has 0 aliphatic heterocycles. The predicted molar refractivity (Wildman–Crippen MR) is 85.6 cm³/mol. The van der Waals surface area contributed by atoms with E-state index in [4.69, 9.17) is 11.6 Å². The van der Waals surface area contributed by atoms with Crippen molar-refractivity contribution in [2.24, 2.45) is 0 Å². The number of rotatable bonds is 6. The number of amides is 1. The Kier molecular flexibility index (Phi) is 5.20. The van der Waals surface area contributed by atoms with E-state index in [0.29, 0.717) is 18.0 Å². The van der Waals surface area contributed by atoms with E-state index in [1.54, 1.807) is 11.3 Å². The van der Waals surface area contributed by atoms with Gasteiger partial charge in [0.15, 0.2) is 5.13 Å². The summed E-state index contributed by atoms with van der Waals surface area (Å²) in [5.41, 5.74) is 0.922. The first-order valence-electron chi connectivity index (χ1n) is 6.68. The van der Waals surface area contributed by atoms with E-state index in [2.05, 4.69) is 22.5 Å². The van der Waals surface area contributed by atoms with Gasteiger partial charge < -0.3 is 10.6 Å². The van der Waals surface area contributed by atoms with Crippen LogP contribution in [0.2, 0.25) is 5.02 Å². The summed E-state index contributed by atoms with van der Waals surface area (Å²) in [4.78, 5) is 16.1. The van der Waals surface area contributed by atoms with Crippen molar-refractivity contribution >= 4 is 44.2 Å². The van der Waals surface area contributed by atoms with Crippen molar-refractivity contribution in [1.29, 1.82) is 0 Å². The smallest absolute Gasteiger partial charge is 0.221 e. The van der Waals surface area contributed by atoms with Crippen LogP contribution in [-0.2, 0) is 4.79 Å². The van der Waals surface area contributed by atoms with Crippen LogP contribution in [0, 0.1) is 0 Å². The lowest BCUT2D eigenvalue weighted by Crippen LogP contribution is -2.32. The van der Waals surface area contributed by atoms with Crippen molar-refractivity contribution in [3.05, 3.63) is 23.2 Å². The number of carbonyl (C=O) groups excluding carboxylic acids is 1. The highest BCUT2D eigenvalue weighted by Crippen LogP contribution is 2.28. The van der Waals surface area contributed by atoms with Crippen molar-refractivity contribution in [3.63, 3.8) is 0 Å². The van der Waals surface area contributed by atoms with Gasteiger partial charge in [-0.15, -0.1) is 0 Å². The first-order chi connectivity index (χ1) is 9.58. The molecule has 2 N–H and O–H groups in total. The van der Waals surface area contributed by atoms with Gasteiger partial charge in [0.05, 0.1) is 10.2 Å². The highest BCUT2D eigenvalue weighted by Gasteiger charge is 2.07. The fraction of sp³-hybridized carbons (Fsp3) is 0.429. The Labute approximate surface area is 127 Å². The molecule has 0 saturated heterocycles. The Morgan fingerprint density at radius 1 is 1.50 bits per heavy atom. The van der Waals surface area contributed by atoms with E-state index in [9.17, 15) is 4.79 Å². The molecule has 2 rings (SSSR count). The maximum atomic E-state index is 11.6. The first kappa shape index (κ1) is 15.1. The summed E-state index contributed by atoms with van der Waals surface area (Å²) < 4.78 is 1.05. The lowest BCUT2D eigenvalue weighted by Gasteiger charge is -2.11. The lowest BCUT2D eigenvalue weighted by molar-refractivity contribution is -0.121. The highest BCUT2D eigenvalue weighted by molar-refractivity contribution is 7.22. The minimum absolute atomic E-state index is 0.0657. The normalized spacial score (nSPS) is 12.3. The van der Waals surface area contributed by atoms with E-state index >= 15 is 0 Å². The van der Waals surface area contributed by atoms with E-state index < -0.39 is 0 Å². The van der Waals surface area contributed by atoms with Gasteiger partial charge in [0.25, 0.3) is 0 Å². The maximum Gasteiger partial charge on any atom is 0.221 e. The second kappa shape index (κ2) is 6.90. The number of hydrogen-bond donors (Lipinski definition) is 2. The predicted octanol–water partition coefficient (Wildman–Crippen LogP) is 3.67. The van der Waals surface area contributed by atoms with Crippen LogP contribution in [0.1, 0.15) is 26.7 Å². The molecule has 1 aromatic carbocycles. The lowest BCUT2D eigenvalue weighted by atomic mass is 10.2. The summed E-state index contributed by atoms with van der Waals surface area (Å²) >= 11 is 7.48. The average molecular weight is 312 g/mol. The quantitative estimate of drug-likeness (QED) is 0.856. The maximum absolute atomic E-state index is 11.6. The summed E-state index contributed by atoms with van der Waals surface area (Å²) in [5.74, 6) is 0.0657. The zero-order valence-electron chi connectivity index (χ0n) is 11.6. The molecule has 20 heavy (non-hydrogen) atoms. The molecule has 0 fully saturated rings. The highest BCUT2D eigenvalue weighted by atomic mass is 35.5. The Bertz CT molecular complexity index is 599. The summed E-state index contributed by atoms with van der Waals surface area (Å²) in [6, 6.07) is 5.85. The SMILES string of the molecule is CCC(C)NC(=O)CCNc1nc2ccc(Cl)cc2s1. The largest absolute Gasteiger partial charge is 0.361 e. The van der Waals surface area contributed by atoms with Crippen molar-refractivity contribution in [2.75, 3.05) is 11.9 Å². The zero-order chi connectivity index (χ0) is 14.5. The topological polar surface area (TPSA) is 54.0 Å². The molecule has 6 heteroatoms. The molecule has 4 nitrogen and oxygen atoms in total. The van der Waals surface area contributed by atoms with Crippen molar-refractivity contribution in [1.82, 2.24) is 10.3 Å². The molecule has 1 amide bonds. The van der Waals surface area contributed by atoms with E-state index in [0.717, 1.165) is 21.8 Å². The van der Waals surface area contributed by atoms with Gasteiger partial charge in [-0.2, -0.15) is 0 Å². The number of halogens is 1. The summed E-state index contributed by atoms with van der Waals surface area (Å²) in [7, 11) is 0. The second-order valence-electron chi connectivity index (χ2n) is 4.68. The number of carbonyl (C=O) groups is 1. The summed E-state index contributed by atoms with van der Waals surface area (Å²) in [5, 5.41) is 7.64. The number of thiazole rings is 1. The number of aromatic nitrogens is 1. The summed E-state index contributed by atoms with van der Waals surface area (Å²) in [6.45, 7) is 4.63. The number of nitrogens with one attached hydrogen (secondary N) is 2. The van der Waals surface area contributed by atoms with E-state index in [1.165, 1.54) is 0 Å². The molecular formula is C14H18ClN3OS. The van der Waals surface area contributed by atoms with Crippen LogP contribution in [0.4, 0.5) is 5.13 Å². The zero-order valence-corrected chi connectivity index (χ0v) is 13.1. The van der Waals surface area contributed by atoms with Crippen LogP contribution < -0.4 is 10.6 Å². The Morgan fingerprint density at radius 2 is 2.30 bits per heavy atom. The van der Waals surface area contributed by atoms with E-state index in [1.807, 2.05) is 25.1 Å². The van der Waals surface area contributed by atoms with Crippen LogP contribution in [-0.4, -0.2) is 23.5 Å². The Balaban J connectivity index is 1.85. The fourth-order valence-electron chi connectivity index (χ4n) is 1.71. The van der Waals surface area contributed by atoms with E-state index in [-0.39, 0.29) is 11.9 Å². The molecule has 0 aliphatic rings. The first-order valence-corrected chi connectivity index (χ1v) is 7.87. The molecule has 108 valence electrons. The Hall–Kier alpha value is -1.33. The van der Waals surface area contributed by atoms with Crippen molar-refractivity contribution in [3.8, 4) is 0 Å². The molecule has 1 unspecified atom stereocenters. The van der Waals surface area contributed by atoms with Crippen LogP contribution in [0.3, 0.4) is 0 Å². The summed E-state index contributed by atoms with van der Waals surface area (Å²) in [6.07, 6.45) is 1.39. The molecule has 0 aliphatic carbocycles. The van der Waals surface area contributed by atoms with Crippen molar-refractivity contribution in [2.45, 2.75) is 32.7 Å². The Morgan fingerprint density at radius 3 is 3.05 bits per heavy atom. The third kappa shape index (κ3) is 4.08. The number of nitrogens with zero attached hydrogens (tertiary/aromatic N) is 1. The average Bonchev–Trinajstić information content (AvgIpc) is 2.80. The molecule has 1 aromatic heterocycles. The minimum atomic E-state index is 0.0657. The second-order valence-corrected chi connectivity index (χ2v) is 6.15. The molecule has 2 aromatic rings. The van der Waals surface area contributed by atoms with Gasteiger partial charge in [0, 0.05) is 24.0 Å². The van der Waals surface area contributed by atoms with Crippen LogP contribution in [0.15, 0.2) is 18.2 Å². The molecule has 1 heterocycles. The van der Waals surface area contributed by atoms with Gasteiger partial charge in [-0.3, -0.25) is 4.79 Å². The van der Waals surface area contributed by atoms with Gasteiger partial charge in [0.1, 0.15) is 0 Å². The molecule has 0 bridgehead atoms. The minimum Gasteiger partial charge on any atom is -0.361 e. The van der Waals surface area contributed by atoms with Gasteiger partial charge in [-0.05, 0) is 31.5 Å². The van der Waals surface area contributed by atoms with Crippen LogP contribution >= 0.6 is 22.9 Å².